The molecule has 24 heavy (non-hydrogen) atoms. The van der Waals surface area contributed by atoms with Crippen LogP contribution in [0.3, 0.4) is 0 Å². The zero-order valence-corrected chi connectivity index (χ0v) is 14.0. The summed E-state index contributed by atoms with van der Waals surface area (Å²) in [5.74, 6) is 1.06. The Morgan fingerprint density at radius 2 is 2.12 bits per heavy atom. The lowest BCUT2D eigenvalue weighted by atomic mass is 9.98. The summed E-state index contributed by atoms with van der Waals surface area (Å²) in [6, 6.07) is 10.4. The Hall–Kier alpha value is -2.43. The number of nitrogens with one attached hydrogen (secondary N) is 1. The molecule has 1 aliphatic carbocycles. The van der Waals surface area contributed by atoms with Gasteiger partial charge in [0.05, 0.1) is 11.6 Å². The number of carbonyl (C=O) groups excluding carboxylic acids is 1. The molecule has 2 aromatic rings. The van der Waals surface area contributed by atoms with E-state index >= 15 is 0 Å². The van der Waals surface area contributed by atoms with Crippen LogP contribution in [0.25, 0.3) is 0 Å². The lowest BCUT2D eigenvalue weighted by molar-refractivity contribution is -0.133. The number of aromatic nitrogens is 2. The number of nitrogens with zero attached hydrogens (tertiary/aromatic N) is 3. The van der Waals surface area contributed by atoms with Gasteiger partial charge in [-0.3, -0.25) is 4.79 Å². The fourth-order valence-electron chi connectivity index (χ4n) is 3.82. The third-order valence-corrected chi connectivity index (χ3v) is 5.04. The van der Waals surface area contributed by atoms with Crippen molar-refractivity contribution in [3.05, 3.63) is 52.7 Å². The van der Waals surface area contributed by atoms with Crippen LogP contribution in [0.5, 0.6) is 0 Å². The van der Waals surface area contributed by atoms with Crippen molar-refractivity contribution >= 4 is 11.7 Å². The van der Waals surface area contributed by atoms with Crippen LogP contribution < -0.4 is 5.32 Å². The van der Waals surface area contributed by atoms with E-state index in [4.69, 9.17) is 0 Å². The highest BCUT2D eigenvalue weighted by atomic mass is 16.2. The number of carbonyl (C=O) groups is 1. The third kappa shape index (κ3) is 2.64. The summed E-state index contributed by atoms with van der Waals surface area (Å²) in [7, 11) is 0. The molecule has 1 atom stereocenters. The van der Waals surface area contributed by atoms with Crippen molar-refractivity contribution < 1.29 is 4.79 Å². The number of benzene rings is 1. The highest BCUT2D eigenvalue weighted by Crippen LogP contribution is 2.35. The summed E-state index contributed by atoms with van der Waals surface area (Å²) >= 11 is 0. The molecule has 5 nitrogen and oxygen atoms in total. The molecule has 124 valence electrons. The standard InChI is InChI=1S/C19H22N4O/c1-2-20-18-11-14-12-23(10-9-17(14)21-22-18)19(24)16-8-7-13-5-3-4-6-15(13)16/h3-6,11,16H,2,7-10,12H2,1H3,(H,20,22)/t16-/m0/s1. The van der Waals surface area contributed by atoms with Crippen LogP contribution in [0.4, 0.5) is 5.82 Å². The molecule has 0 radical (unpaired) electrons. The Morgan fingerprint density at radius 1 is 1.25 bits per heavy atom. The molecule has 2 heterocycles. The second-order valence-corrected chi connectivity index (χ2v) is 6.53. The van der Waals surface area contributed by atoms with Crippen molar-refractivity contribution in [2.45, 2.75) is 38.6 Å². The Labute approximate surface area is 142 Å². The van der Waals surface area contributed by atoms with Crippen molar-refractivity contribution in [2.24, 2.45) is 0 Å². The Bertz CT molecular complexity index is 774. The van der Waals surface area contributed by atoms with Gasteiger partial charge in [0.15, 0.2) is 0 Å². The number of amides is 1. The lowest BCUT2D eigenvalue weighted by Crippen LogP contribution is -2.39. The van der Waals surface area contributed by atoms with Crippen LogP contribution in [0.15, 0.2) is 30.3 Å². The molecule has 1 aromatic carbocycles. The van der Waals surface area contributed by atoms with Crippen molar-refractivity contribution in [1.29, 1.82) is 0 Å². The molecular weight excluding hydrogens is 300 g/mol. The zero-order valence-electron chi connectivity index (χ0n) is 14.0. The summed E-state index contributed by atoms with van der Waals surface area (Å²) < 4.78 is 0. The lowest BCUT2D eigenvalue weighted by Gasteiger charge is -2.30. The highest BCUT2D eigenvalue weighted by Gasteiger charge is 2.33. The Kier molecular flexibility index (Phi) is 3.92. The second-order valence-electron chi connectivity index (χ2n) is 6.53. The summed E-state index contributed by atoms with van der Waals surface area (Å²) in [6.45, 7) is 4.23. The van der Waals surface area contributed by atoms with Crippen LogP contribution in [-0.2, 0) is 24.2 Å². The van der Waals surface area contributed by atoms with Gasteiger partial charge in [0, 0.05) is 26.1 Å². The number of hydrogen-bond donors (Lipinski definition) is 1. The number of fused-ring (bicyclic) bond motifs is 2. The molecule has 1 amide bonds. The van der Waals surface area contributed by atoms with Crippen molar-refractivity contribution in [2.75, 3.05) is 18.4 Å². The van der Waals surface area contributed by atoms with Crippen molar-refractivity contribution in [1.82, 2.24) is 15.1 Å². The number of anilines is 1. The van der Waals surface area contributed by atoms with Gasteiger partial charge in [-0.25, -0.2) is 0 Å². The van der Waals surface area contributed by atoms with E-state index in [1.807, 2.05) is 24.0 Å². The summed E-state index contributed by atoms with van der Waals surface area (Å²) in [4.78, 5) is 15.1. The molecule has 0 spiro atoms. The van der Waals surface area contributed by atoms with Gasteiger partial charge in [-0.2, -0.15) is 5.10 Å². The first-order valence-electron chi connectivity index (χ1n) is 8.72. The van der Waals surface area contributed by atoms with E-state index in [9.17, 15) is 4.79 Å². The smallest absolute Gasteiger partial charge is 0.230 e. The molecule has 0 fully saturated rings. The van der Waals surface area contributed by atoms with Gasteiger partial charge in [-0.1, -0.05) is 24.3 Å². The SMILES string of the molecule is CCNc1cc2c(nn1)CCN(C(=O)[C@H]1CCc3ccccc31)C2. The number of hydrogen-bond acceptors (Lipinski definition) is 4. The number of rotatable bonds is 3. The average molecular weight is 322 g/mol. The van der Waals surface area contributed by atoms with E-state index in [1.54, 1.807) is 0 Å². The van der Waals surface area contributed by atoms with E-state index in [0.717, 1.165) is 49.4 Å². The van der Waals surface area contributed by atoms with Gasteiger partial charge in [0.25, 0.3) is 0 Å². The molecule has 0 saturated heterocycles. The zero-order chi connectivity index (χ0) is 16.5. The van der Waals surface area contributed by atoms with E-state index in [2.05, 4.69) is 33.7 Å². The topological polar surface area (TPSA) is 58.1 Å². The maximum Gasteiger partial charge on any atom is 0.230 e. The molecular formula is C19H22N4O. The average Bonchev–Trinajstić information content (AvgIpc) is 3.05. The predicted octanol–water partition coefficient (Wildman–Crippen LogP) is 2.52. The van der Waals surface area contributed by atoms with Crippen molar-refractivity contribution in [3.63, 3.8) is 0 Å². The summed E-state index contributed by atoms with van der Waals surface area (Å²) in [5, 5.41) is 11.7. The first kappa shape index (κ1) is 15.1. The van der Waals surface area contributed by atoms with Crippen LogP contribution in [0, 0.1) is 0 Å². The van der Waals surface area contributed by atoms with Gasteiger partial charge in [0.1, 0.15) is 5.82 Å². The van der Waals surface area contributed by atoms with Gasteiger partial charge >= 0.3 is 0 Å². The normalized spacial score (nSPS) is 18.9. The largest absolute Gasteiger partial charge is 0.369 e. The van der Waals surface area contributed by atoms with Gasteiger partial charge in [0.2, 0.25) is 5.91 Å². The minimum absolute atomic E-state index is 0.0192. The molecule has 1 aliphatic heterocycles. The highest BCUT2D eigenvalue weighted by molar-refractivity contribution is 5.85. The maximum absolute atomic E-state index is 13.1. The Balaban J connectivity index is 1.54. The molecule has 0 bridgehead atoms. The number of aryl methyl sites for hydroxylation is 1. The van der Waals surface area contributed by atoms with Crippen LogP contribution in [0.1, 0.15) is 41.6 Å². The fraction of sp³-hybridized carbons (Fsp3) is 0.421. The molecule has 5 heteroatoms. The molecule has 4 rings (SSSR count). The van der Waals surface area contributed by atoms with Gasteiger partial charge < -0.3 is 10.2 Å². The summed E-state index contributed by atoms with van der Waals surface area (Å²) in [6.07, 6.45) is 2.72. The minimum atomic E-state index is 0.0192. The van der Waals surface area contributed by atoms with Crippen LogP contribution in [-0.4, -0.2) is 34.1 Å². The van der Waals surface area contributed by atoms with E-state index in [-0.39, 0.29) is 11.8 Å². The van der Waals surface area contributed by atoms with Crippen LogP contribution >= 0.6 is 0 Å². The van der Waals surface area contributed by atoms with E-state index < -0.39 is 0 Å². The first-order chi connectivity index (χ1) is 11.8. The molecule has 1 aromatic heterocycles. The molecule has 1 N–H and O–H groups in total. The third-order valence-electron chi connectivity index (χ3n) is 5.04. The van der Waals surface area contributed by atoms with E-state index in [1.165, 1.54) is 11.1 Å². The van der Waals surface area contributed by atoms with Gasteiger partial charge in [-0.15, -0.1) is 5.10 Å². The molecule has 2 aliphatic rings. The van der Waals surface area contributed by atoms with Crippen molar-refractivity contribution in [3.8, 4) is 0 Å². The predicted molar refractivity (Wildman–Crippen MR) is 92.8 cm³/mol. The maximum atomic E-state index is 13.1. The monoisotopic (exact) mass is 322 g/mol. The second kappa shape index (κ2) is 6.23. The molecule has 0 unspecified atom stereocenters. The summed E-state index contributed by atoms with van der Waals surface area (Å²) in [5.41, 5.74) is 4.68. The van der Waals surface area contributed by atoms with E-state index in [0.29, 0.717) is 6.54 Å². The fourth-order valence-corrected chi connectivity index (χ4v) is 3.82. The Morgan fingerprint density at radius 3 is 3.00 bits per heavy atom. The molecule has 0 saturated carbocycles. The quantitative estimate of drug-likeness (QED) is 0.943. The minimum Gasteiger partial charge on any atom is -0.369 e. The first-order valence-corrected chi connectivity index (χ1v) is 8.72. The van der Waals surface area contributed by atoms with Crippen LogP contribution in [0.2, 0.25) is 0 Å². The van der Waals surface area contributed by atoms with Gasteiger partial charge in [-0.05, 0) is 42.5 Å².